The Balaban J connectivity index is 1.98. The standard InChI is InChI=1S/C20H21NO3S/c1-24-20(23)17-12-16(25)13-21(17)19(22)18(14-8-4-2-5-9-14)15-10-6-3-7-11-15/h2-11,16-18,25H,12-13H2,1H3. The molecule has 3 rings (SSSR count). The second-order valence-corrected chi connectivity index (χ2v) is 6.90. The van der Waals surface area contributed by atoms with Crippen LogP contribution in [0.1, 0.15) is 23.5 Å². The van der Waals surface area contributed by atoms with Crippen molar-refractivity contribution in [3.8, 4) is 0 Å². The number of hydrogen-bond donors (Lipinski definition) is 1. The molecule has 130 valence electrons. The molecule has 0 aliphatic carbocycles. The molecule has 1 heterocycles. The van der Waals surface area contributed by atoms with Gasteiger partial charge in [0.05, 0.1) is 13.0 Å². The highest BCUT2D eigenvalue weighted by atomic mass is 32.1. The molecule has 1 amide bonds. The molecule has 0 N–H and O–H groups in total. The number of ether oxygens (including phenoxy) is 1. The zero-order valence-corrected chi connectivity index (χ0v) is 14.9. The molecule has 2 atom stereocenters. The van der Waals surface area contributed by atoms with Crippen LogP contribution in [0, 0.1) is 0 Å². The molecule has 0 bridgehead atoms. The van der Waals surface area contributed by atoms with E-state index in [1.165, 1.54) is 7.11 Å². The summed E-state index contributed by atoms with van der Waals surface area (Å²) in [6.45, 7) is 0.442. The van der Waals surface area contributed by atoms with Crippen LogP contribution < -0.4 is 0 Å². The first-order valence-electron chi connectivity index (χ1n) is 8.28. The lowest BCUT2D eigenvalue weighted by molar-refractivity contribution is -0.151. The number of nitrogens with zero attached hydrogens (tertiary/aromatic N) is 1. The number of amides is 1. The summed E-state index contributed by atoms with van der Waals surface area (Å²) in [5, 5.41) is -0.0275. The number of likely N-dealkylation sites (tertiary alicyclic amines) is 1. The predicted octanol–water partition coefficient (Wildman–Crippen LogP) is 2.89. The average Bonchev–Trinajstić information content (AvgIpc) is 3.05. The average molecular weight is 355 g/mol. The minimum absolute atomic E-state index is 0.0275. The minimum Gasteiger partial charge on any atom is -0.467 e. The third kappa shape index (κ3) is 3.71. The third-order valence-electron chi connectivity index (χ3n) is 4.55. The van der Waals surface area contributed by atoms with Crippen LogP contribution in [-0.4, -0.2) is 41.7 Å². The molecule has 5 heteroatoms. The lowest BCUT2D eigenvalue weighted by Crippen LogP contribution is -2.43. The van der Waals surface area contributed by atoms with E-state index < -0.39 is 12.0 Å². The van der Waals surface area contributed by atoms with Gasteiger partial charge in [-0.05, 0) is 17.5 Å². The van der Waals surface area contributed by atoms with Crippen molar-refractivity contribution in [2.75, 3.05) is 13.7 Å². The number of carbonyl (C=O) groups is 2. The first-order chi connectivity index (χ1) is 12.1. The fourth-order valence-electron chi connectivity index (χ4n) is 3.35. The summed E-state index contributed by atoms with van der Waals surface area (Å²) >= 11 is 4.48. The Labute approximate surface area is 153 Å². The summed E-state index contributed by atoms with van der Waals surface area (Å²) in [5.74, 6) is -0.928. The number of hydrogen-bond acceptors (Lipinski definition) is 4. The van der Waals surface area contributed by atoms with Crippen LogP contribution in [-0.2, 0) is 14.3 Å². The molecule has 1 saturated heterocycles. The van der Waals surface area contributed by atoms with Crippen LogP contribution in [0.25, 0.3) is 0 Å². The summed E-state index contributed by atoms with van der Waals surface area (Å²) in [7, 11) is 1.35. The van der Waals surface area contributed by atoms with Crippen LogP contribution in [0.2, 0.25) is 0 Å². The Hall–Kier alpha value is -2.27. The molecule has 4 nitrogen and oxygen atoms in total. The van der Waals surface area contributed by atoms with E-state index in [1.807, 2.05) is 60.7 Å². The van der Waals surface area contributed by atoms with E-state index in [0.29, 0.717) is 13.0 Å². The lowest BCUT2D eigenvalue weighted by Gasteiger charge is -2.28. The quantitative estimate of drug-likeness (QED) is 0.678. The maximum atomic E-state index is 13.4. The van der Waals surface area contributed by atoms with Crippen molar-refractivity contribution in [3.05, 3.63) is 71.8 Å². The molecule has 2 aromatic carbocycles. The number of methoxy groups -OCH3 is 1. The highest BCUT2D eigenvalue weighted by molar-refractivity contribution is 7.81. The fourth-order valence-corrected chi connectivity index (χ4v) is 3.73. The van der Waals surface area contributed by atoms with E-state index >= 15 is 0 Å². The molecule has 0 radical (unpaired) electrons. The van der Waals surface area contributed by atoms with Gasteiger partial charge in [-0.25, -0.2) is 4.79 Å². The fraction of sp³-hybridized carbons (Fsp3) is 0.300. The van der Waals surface area contributed by atoms with Crippen LogP contribution >= 0.6 is 12.6 Å². The largest absolute Gasteiger partial charge is 0.467 e. The van der Waals surface area contributed by atoms with Gasteiger partial charge in [-0.2, -0.15) is 12.6 Å². The minimum atomic E-state index is -0.574. The van der Waals surface area contributed by atoms with E-state index in [-0.39, 0.29) is 17.1 Å². The molecule has 0 aromatic heterocycles. The smallest absolute Gasteiger partial charge is 0.328 e. The summed E-state index contributed by atoms with van der Waals surface area (Å²) in [4.78, 5) is 27.1. The number of esters is 1. The monoisotopic (exact) mass is 355 g/mol. The second-order valence-electron chi connectivity index (χ2n) is 6.17. The highest BCUT2D eigenvalue weighted by Crippen LogP contribution is 2.31. The van der Waals surface area contributed by atoms with Crippen molar-refractivity contribution in [2.45, 2.75) is 23.6 Å². The van der Waals surface area contributed by atoms with E-state index in [9.17, 15) is 9.59 Å². The van der Waals surface area contributed by atoms with Gasteiger partial charge in [0.1, 0.15) is 6.04 Å². The van der Waals surface area contributed by atoms with Crippen LogP contribution in [0.15, 0.2) is 60.7 Å². The Morgan fingerprint density at radius 3 is 2.04 bits per heavy atom. The van der Waals surface area contributed by atoms with E-state index in [1.54, 1.807) is 4.90 Å². The summed E-state index contributed by atoms with van der Waals surface area (Å²) in [5.41, 5.74) is 1.81. The van der Waals surface area contributed by atoms with Crippen molar-refractivity contribution in [1.29, 1.82) is 0 Å². The second kappa shape index (κ2) is 7.74. The van der Waals surface area contributed by atoms with Gasteiger partial charge in [0.15, 0.2) is 0 Å². The maximum absolute atomic E-state index is 13.4. The van der Waals surface area contributed by atoms with Crippen molar-refractivity contribution < 1.29 is 14.3 Å². The number of benzene rings is 2. The van der Waals surface area contributed by atoms with Crippen molar-refractivity contribution in [1.82, 2.24) is 4.90 Å². The number of rotatable bonds is 4. The Morgan fingerprint density at radius 1 is 1.04 bits per heavy atom. The van der Waals surface area contributed by atoms with E-state index in [0.717, 1.165) is 11.1 Å². The van der Waals surface area contributed by atoms with Gasteiger partial charge in [-0.1, -0.05) is 60.7 Å². The first kappa shape index (κ1) is 17.5. The Kier molecular flexibility index (Phi) is 5.43. The normalized spacial score (nSPS) is 19.9. The molecule has 2 aromatic rings. The Bertz CT molecular complexity index is 696. The SMILES string of the molecule is COC(=O)C1CC(S)CN1C(=O)C(c1ccccc1)c1ccccc1. The van der Waals surface area contributed by atoms with E-state index in [2.05, 4.69) is 12.6 Å². The summed E-state index contributed by atoms with van der Waals surface area (Å²) in [6, 6.07) is 18.7. The summed E-state index contributed by atoms with van der Waals surface area (Å²) < 4.78 is 4.89. The van der Waals surface area contributed by atoms with Gasteiger partial charge >= 0.3 is 5.97 Å². The van der Waals surface area contributed by atoms with Gasteiger partial charge in [0.2, 0.25) is 5.91 Å². The van der Waals surface area contributed by atoms with Crippen LogP contribution in [0.4, 0.5) is 0 Å². The molecular formula is C20H21NO3S. The highest BCUT2D eigenvalue weighted by Gasteiger charge is 2.41. The molecule has 0 spiro atoms. The summed E-state index contributed by atoms with van der Waals surface area (Å²) in [6.07, 6.45) is 0.512. The molecule has 1 aliphatic heterocycles. The van der Waals surface area contributed by atoms with Gasteiger partial charge in [-0.15, -0.1) is 0 Å². The maximum Gasteiger partial charge on any atom is 0.328 e. The van der Waals surface area contributed by atoms with Crippen LogP contribution in [0.3, 0.4) is 0 Å². The first-order valence-corrected chi connectivity index (χ1v) is 8.79. The Morgan fingerprint density at radius 2 is 1.56 bits per heavy atom. The number of thiol groups is 1. The molecule has 2 unspecified atom stereocenters. The van der Waals surface area contributed by atoms with Gasteiger partial charge in [0.25, 0.3) is 0 Å². The topological polar surface area (TPSA) is 46.6 Å². The molecule has 1 fully saturated rings. The molecule has 0 saturated carbocycles. The zero-order chi connectivity index (χ0) is 17.8. The van der Waals surface area contributed by atoms with Gasteiger partial charge in [-0.3, -0.25) is 4.79 Å². The van der Waals surface area contributed by atoms with Gasteiger partial charge in [0, 0.05) is 11.8 Å². The molecular weight excluding hydrogens is 334 g/mol. The third-order valence-corrected chi connectivity index (χ3v) is 4.92. The van der Waals surface area contributed by atoms with Crippen molar-refractivity contribution in [3.63, 3.8) is 0 Å². The van der Waals surface area contributed by atoms with E-state index in [4.69, 9.17) is 4.74 Å². The number of carbonyl (C=O) groups excluding carboxylic acids is 2. The predicted molar refractivity (Wildman–Crippen MR) is 99.6 cm³/mol. The van der Waals surface area contributed by atoms with Gasteiger partial charge < -0.3 is 9.64 Å². The zero-order valence-electron chi connectivity index (χ0n) is 14.0. The van der Waals surface area contributed by atoms with Crippen molar-refractivity contribution >= 4 is 24.5 Å². The van der Waals surface area contributed by atoms with Crippen LogP contribution in [0.5, 0.6) is 0 Å². The van der Waals surface area contributed by atoms with Crippen molar-refractivity contribution in [2.24, 2.45) is 0 Å². The molecule has 1 aliphatic rings. The lowest BCUT2D eigenvalue weighted by atomic mass is 9.90. The molecule has 25 heavy (non-hydrogen) atoms.